The fourth-order valence-electron chi connectivity index (χ4n) is 1.58. The minimum atomic E-state index is 0.486. The minimum Gasteiger partial charge on any atom is -0.381 e. The Bertz CT molecular complexity index is 298. The molecule has 1 aromatic heterocycles. The van der Waals surface area contributed by atoms with E-state index < -0.39 is 0 Å². The van der Waals surface area contributed by atoms with Crippen LogP contribution in [0.3, 0.4) is 0 Å². The quantitative estimate of drug-likeness (QED) is 0.836. The van der Waals surface area contributed by atoms with E-state index in [9.17, 15) is 0 Å². The van der Waals surface area contributed by atoms with Crippen LogP contribution in [-0.4, -0.2) is 29.2 Å². The van der Waals surface area contributed by atoms with E-state index >= 15 is 0 Å². The smallest absolute Gasteiger partial charge is 0.145 e. The molecular weight excluding hydrogens is 202 g/mol. The summed E-state index contributed by atoms with van der Waals surface area (Å²) >= 11 is 0. The zero-order chi connectivity index (χ0) is 11.8. The van der Waals surface area contributed by atoms with Crippen molar-refractivity contribution in [3.8, 4) is 0 Å². The van der Waals surface area contributed by atoms with Crippen LogP contribution in [0, 0.1) is 6.92 Å². The Kier molecular flexibility index (Phi) is 5.78. The SMILES string of the molecule is CC.Cc1cncc(NC2CCOCC2)n1. The lowest BCUT2D eigenvalue weighted by Gasteiger charge is -2.23. The number of rotatable bonds is 2. The lowest BCUT2D eigenvalue weighted by molar-refractivity contribution is 0.0904. The molecule has 0 aliphatic carbocycles. The topological polar surface area (TPSA) is 47.0 Å². The highest BCUT2D eigenvalue weighted by Crippen LogP contribution is 2.12. The molecule has 4 nitrogen and oxygen atoms in total. The van der Waals surface area contributed by atoms with Gasteiger partial charge in [0.15, 0.2) is 0 Å². The summed E-state index contributed by atoms with van der Waals surface area (Å²) in [4.78, 5) is 8.45. The van der Waals surface area contributed by atoms with E-state index in [1.54, 1.807) is 12.4 Å². The van der Waals surface area contributed by atoms with Crippen molar-refractivity contribution in [1.29, 1.82) is 0 Å². The van der Waals surface area contributed by atoms with E-state index in [0.717, 1.165) is 37.6 Å². The summed E-state index contributed by atoms with van der Waals surface area (Å²) in [5, 5.41) is 3.37. The lowest BCUT2D eigenvalue weighted by atomic mass is 10.1. The largest absolute Gasteiger partial charge is 0.381 e. The second-order valence-corrected chi connectivity index (χ2v) is 3.58. The number of hydrogen-bond acceptors (Lipinski definition) is 4. The highest BCUT2D eigenvalue weighted by atomic mass is 16.5. The van der Waals surface area contributed by atoms with Gasteiger partial charge in [-0.1, -0.05) is 13.8 Å². The molecule has 0 atom stereocenters. The third-order valence-corrected chi connectivity index (χ3v) is 2.33. The van der Waals surface area contributed by atoms with Crippen molar-refractivity contribution in [2.75, 3.05) is 18.5 Å². The first-order chi connectivity index (χ1) is 7.84. The molecule has 1 saturated heterocycles. The van der Waals surface area contributed by atoms with Crippen LogP contribution in [0.2, 0.25) is 0 Å². The minimum absolute atomic E-state index is 0.486. The van der Waals surface area contributed by atoms with Crippen molar-refractivity contribution >= 4 is 5.82 Å². The fourth-order valence-corrected chi connectivity index (χ4v) is 1.58. The summed E-state index contributed by atoms with van der Waals surface area (Å²) in [6.45, 7) is 7.63. The number of anilines is 1. The van der Waals surface area contributed by atoms with E-state index in [1.165, 1.54) is 0 Å². The molecule has 0 unspecified atom stereocenters. The predicted octanol–water partition coefficient (Wildman–Crippen LogP) is 2.40. The van der Waals surface area contributed by atoms with Crippen LogP contribution in [0.1, 0.15) is 32.4 Å². The van der Waals surface area contributed by atoms with E-state index in [4.69, 9.17) is 4.74 Å². The molecule has 0 amide bonds. The van der Waals surface area contributed by atoms with Gasteiger partial charge in [-0.05, 0) is 19.8 Å². The molecule has 0 bridgehead atoms. The average Bonchev–Trinajstić information content (AvgIpc) is 2.33. The molecule has 1 aromatic rings. The van der Waals surface area contributed by atoms with E-state index in [2.05, 4.69) is 15.3 Å². The van der Waals surface area contributed by atoms with Gasteiger partial charge in [-0.25, -0.2) is 4.98 Å². The zero-order valence-electron chi connectivity index (χ0n) is 10.4. The van der Waals surface area contributed by atoms with Crippen LogP contribution in [0.4, 0.5) is 5.82 Å². The molecular formula is C12H21N3O. The predicted molar refractivity (Wildman–Crippen MR) is 65.6 cm³/mol. The van der Waals surface area contributed by atoms with Gasteiger partial charge in [0.25, 0.3) is 0 Å². The third-order valence-electron chi connectivity index (χ3n) is 2.33. The Labute approximate surface area is 97.5 Å². The molecule has 0 radical (unpaired) electrons. The molecule has 2 rings (SSSR count). The second-order valence-electron chi connectivity index (χ2n) is 3.58. The van der Waals surface area contributed by atoms with Crippen LogP contribution in [0.5, 0.6) is 0 Å². The van der Waals surface area contributed by atoms with E-state index in [0.29, 0.717) is 6.04 Å². The van der Waals surface area contributed by atoms with Gasteiger partial charge in [-0.15, -0.1) is 0 Å². The standard InChI is InChI=1S/C10H15N3O.C2H6/c1-8-6-11-7-10(12-8)13-9-2-4-14-5-3-9;1-2/h6-7,9H,2-5H2,1H3,(H,12,13);1-2H3. The van der Waals surface area contributed by atoms with Crippen LogP contribution in [-0.2, 0) is 4.74 Å². The number of hydrogen-bond donors (Lipinski definition) is 1. The first kappa shape index (κ1) is 12.9. The first-order valence-corrected chi connectivity index (χ1v) is 5.97. The molecule has 1 aliphatic rings. The molecule has 1 aliphatic heterocycles. The van der Waals surface area contributed by atoms with Gasteiger partial charge < -0.3 is 10.1 Å². The Balaban J connectivity index is 0.000000606. The van der Waals surface area contributed by atoms with Crippen molar-refractivity contribution in [2.24, 2.45) is 0 Å². The highest BCUT2D eigenvalue weighted by Gasteiger charge is 2.13. The average molecular weight is 223 g/mol. The molecule has 16 heavy (non-hydrogen) atoms. The van der Waals surface area contributed by atoms with Crippen LogP contribution in [0.15, 0.2) is 12.4 Å². The highest BCUT2D eigenvalue weighted by molar-refractivity contribution is 5.32. The van der Waals surface area contributed by atoms with E-state index in [-0.39, 0.29) is 0 Å². The molecule has 1 fully saturated rings. The van der Waals surface area contributed by atoms with Gasteiger partial charge >= 0.3 is 0 Å². The summed E-state index contributed by atoms with van der Waals surface area (Å²) in [7, 11) is 0. The molecule has 0 aromatic carbocycles. The summed E-state index contributed by atoms with van der Waals surface area (Å²) in [6.07, 6.45) is 5.63. The maximum atomic E-state index is 5.29. The van der Waals surface area contributed by atoms with Crippen molar-refractivity contribution < 1.29 is 4.74 Å². The molecule has 2 heterocycles. The molecule has 0 saturated carbocycles. The molecule has 90 valence electrons. The van der Waals surface area contributed by atoms with Gasteiger partial charge in [0.2, 0.25) is 0 Å². The maximum Gasteiger partial charge on any atom is 0.145 e. The normalized spacial score (nSPS) is 16.2. The first-order valence-electron chi connectivity index (χ1n) is 5.97. The molecule has 1 N–H and O–H groups in total. The van der Waals surface area contributed by atoms with Crippen molar-refractivity contribution in [1.82, 2.24) is 9.97 Å². The lowest BCUT2D eigenvalue weighted by Crippen LogP contribution is -2.28. The Morgan fingerprint density at radius 1 is 1.25 bits per heavy atom. The fraction of sp³-hybridized carbons (Fsp3) is 0.667. The number of aryl methyl sites for hydroxylation is 1. The summed E-state index contributed by atoms with van der Waals surface area (Å²) in [6, 6.07) is 0.486. The van der Waals surface area contributed by atoms with Gasteiger partial charge in [0, 0.05) is 25.5 Å². The Morgan fingerprint density at radius 2 is 1.94 bits per heavy atom. The van der Waals surface area contributed by atoms with Crippen LogP contribution >= 0.6 is 0 Å². The second kappa shape index (κ2) is 7.17. The maximum absolute atomic E-state index is 5.29. The number of nitrogens with zero attached hydrogens (tertiary/aromatic N) is 2. The summed E-state index contributed by atoms with van der Waals surface area (Å²) in [5.41, 5.74) is 0.946. The third kappa shape index (κ3) is 4.14. The van der Waals surface area contributed by atoms with Gasteiger partial charge in [0.05, 0.1) is 11.9 Å². The van der Waals surface area contributed by atoms with Gasteiger partial charge in [-0.3, -0.25) is 4.98 Å². The summed E-state index contributed by atoms with van der Waals surface area (Å²) in [5.74, 6) is 0.872. The summed E-state index contributed by atoms with van der Waals surface area (Å²) < 4.78 is 5.29. The number of aromatic nitrogens is 2. The zero-order valence-corrected chi connectivity index (χ0v) is 10.4. The number of ether oxygens (including phenoxy) is 1. The molecule has 0 spiro atoms. The van der Waals surface area contributed by atoms with Gasteiger partial charge in [0.1, 0.15) is 5.82 Å². The number of nitrogens with one attached hydrogen (secondary N) is 1. The van der Waals surface area contributed by atoms with Crippen molar-refractivity contribution in [3.63, 3.8) is 0 Å². The van der Waals surface area contributed by atoms with Crippen LogP contribution < -0.4 is 5.32 Å². The van der Waals surface area contributed by atoms with Gasteiger partial charge in [-0.2, -0.15) is 0 Å². The van der Waals surface area contributed by atoms with Crippen molar-refractivity contribution in [3.05, 3.63) is 18.1 Å². The monoisotopic (exact) mass is 223 g/mol. The van der Waals surface area contributed by atoms with E-state index in [1.807, 2.05) is 20.8 Å². The Morgan fingerprint density at radius 3 is 2.56 bits per heavy atom. The van der Waals surface area contributed by atoms with Crippen LogP contribution in [0.25, 0.3) is 0 Å². The molecule has 4 heteroatoms. The van der Waals surface area contributed by atoms with Crippen molar-refractivity contribution in [2.45, 2.75) is 39.7 Å². The Hall–Kier alpha value is -1.16.